The van der Waals surface area contributed by atoms with Crippen LogP contribution in [0.4, 0.5) is 0 Å². The molecule has 0 saturated heterocycles. The molecule has 74 valence electrons. The van der Waals surface area contributed by atoms with Crippen LogP contribution >= 0.6 is 0 Å². The van der Waals surface area contributed by atoms with Crippen LogP contribution in [0.3, 0.4) is 0 Å². The minimum Gasteiger partial charge on any atom is -0.359 e. The highest BCUT2D eigenvalue weighted by atomic mass is 16.5. The molecule has 1 N–H and O–H groups in total. The molecule has 0 unspecified atom stereocenters. The van der Waals surface area contributed by atoms with E-state index in [0.717, 1.165) is 17.0 Å². The van der Waals surface area contributed by atoms with E-state index in [9.17, 15) is 0 Å². The molecule has 0 aliphatic rings. The van der Waals surface area contributed by atoms with Crippen molar-refractivity contribution in [2.75, 3.05) is 7.05 Å². The summed E-state index contributed by atoms with van der Waals surface area (Å²) in [5, 5.41) is 11.0. The Balaban J connectivity index is 2.24. The fourth-order valence-electron chi connectivity index (χ4n) is 1.26. The molecule has 2 aromatic heterocycles. The quantitative estimate of drug-likeness (QED) is 0.781. The molecule has 2 aromatic rings. The second kappa shape index (κ2) is 3.63. The molecule has 0 amide bonds. The molecule has 0 fully saturated rings. The predicted octanol–water partition coefficient (Wildman–Crippen LogP) is 0.794. The van der Waals surface area contributed by atoms with E-state index < -0.39 is 0 Å². The van der Waals surface area contributed by atoms with E-state index in [4.69, 9.17) is 4.52 Å². The van der Waals surface area contributed by atoms with Crippen molar-refractivity contribution >= 4 is 0 Å². The summed E-state index contributed by atoms with van der Waals surface area (Å²) in [5.41, 5.74) is 1.79. The number of nitrogens with zero attached hydrogens (tertiary/aromatic N) is 3. The van der Waals surface area contributed by atoms with Crippen LogP contribution < -0.4 is 5.32 Å². The first-order valence-electron chi connectivity index (χ1n) is 4.39. The number of hydrogen-bond donors (Lipinski definition) is 1. The molecule has 0 aliphatic heterocycles. The maximum absolute atomic E-state index is 5.12. The monoisotopic (exact) mass is 192 g/mol. The van der Waals surface area contributed by atoms with Gasteiger partial charge in [-0.1, -0.05) is 5.16 Å². The normalized spacial score (nSPS) is 10.7. The fourth-order valence-corrected chi connectivity index (χ4v) is 1.26. The maximum Gasteiger partial charge on any atom is 0.151 e. The fraction of sp³-hybridized carbons (Fsp3) is 0.333. The third-order valence-corrected chi connectivity index (χ3v) is 1.91. The summed E-state index contributed by atoms with van der Waals surface area (Å²) in [7, 11) is 3.74. The SMILES string of the molecule is CNCc1cc(-c2cnn(C)c2)no1. The first-order valence-corrected chi connectivity index (χ1v) is 4.39. The van der Waals surface area contributed by atoms with Crippen LogP contribution in [-0.4, -0.2) is 22.0 Å². The molecule has 0 atom stereocenters. The molecule has 0 aliphatic carbocycles. The molecule has 0 radical (unpaired) electrons. The Morgan fingerprint density at radius 1 is 1.57 bits per heavy atom. The van der Waals surface area contributed by atoms with Crippen LogP contribution in [0, 0.1) is 0 Å². The lowest BCUT2D eigenvalue weighted by molar-refractivity contribution is 0.379. The van der Waals surface area contributed by atoms with Gasteiger partial charge in [0.15, 0.2) is 5.76 Å². The molecule has 0 saturated carbocycles. The van der Waals surface area contributed by atoms with Crippen molar-refractivity contribution in [1.29, 1.82) is 0 Å². The van der Waals surface area contributed by atoms with Crippen molar-refractivity contribution in [2.24, 2.45) is 7.05 Å². The average molecular weight is 192 g/mol. The van der Waals surface area contributed by atoms with E-state index in [-0.39, 0.29) is 0 Å². The van der Waals surface area contributed by atoms with Gasteiger partial charge in [-0.15, -0.1) is 0 Å². The standard InChI is InChI=1S/C9H12N4O/c1-10-5-8-3-9(12-14-8)7-4-11-13(2)6-7/h3-4,6,10H,5H2,1-2H3. The van der Waals surface area contributed by atoms with Crippen LogP contribution in [-0.2, 0) is 13.6 Å². The van der Waals surface area contributed by atoms with Crippen molar-refractivity contribution < 1.29 is 4.52 Å². The summed E-state index contributed by atoms with van der Waals surface area (Å²) in [6.07, 6.45) is 3.67. The molecule has 5 nitrogen and oxygen atoms in total. The van der Waals surface area contributed by atoms with E-state index in [1.54, 1.807) is 10.9 Å². The highest BCUT2D eigenvalue weighted by Crippen LogP contribution is 2.17. The summed E-state index contributed by atoms with van der Waals surface area (Å²) < 4.78 is 6.86. The van der Waals surface area contributed by atoms with E-state index >= 15 is 0 Å². The zero-order valence-electron chi connectivity index (χ0n) is 8.19. The first kappa shape index (κ1) is 8.96. The number of rotatable bonds is 3. The largest absolute Gasteiger partial charge is 0.359 e. The second-order valence-electron chi connectivity index (χ2n) is 3.11. The van der Waals surface area contributed by atoms with Gasteiger partial charge in [0.1, 0.15) is 5.69 Å². The van der Waals surface area contributed by atoms with Gasteiger partial charge in [0, 0.05) is 24.9 Å². The molecule has 2 rings (SSSR count). The number of nitrogens with one attached hydrogen (secondary N) is 1. The number of hydrogen-bond acceptors (Lipinski definition) is 4. The van der Waals surface area contributed by atoms with Crippen molar-refractivity contribution in [3.8, 4) is 11.3 Å². The van der Waals surface area contributed by atoms with Crippen LogP contribution in [0.25, 0.3) is 11.3 Å². The molecule has 0 aromatic carbocycles. The van der Waals surface area contributed by atoms with Crippen LogP contribution in [0.5, 0.6) is 0 Å². The van der Waals surface area contributed by atoms with Gasteiger partial charge in [0.25, 0.3) is 0 Å². The Morgan fingerprint density at radius 2 is 2.43 bits per heavy atom. The topological polar surface area (TPSA) is 55.9 Å². The minimum atomic E-state index is 0.688. The zero-order chi connectivity index (χ0) is 9.97. The van der Waals surface area contributed by atoms with E-state index in [1.165, 1.54) is 0 Å². The summed E-state index contributed by atoms with van der Waals surface area (Å²) in [6.45, 7) is 0.688. The Hall–Kier alpha value is -1.62. The predicted molar refractivity (Wildman–Crippen MR) is 51.5 cm³/mol. The Kier molecular flexibility index (Phi) is 2.32. The summed E-state index contributed by atoms with van der Waals surface area (Å²) in [4.78, 5) is 0. The van der Waals surface area contributed by atoms with E-state index in [0.29, 0.717) is 6.54 Å². The van der Waals surface area contributed by atoms with Crippen molar-refractivity contribution in [3.63, 3.8) is 0 Å². The summed E-state index contributed by atoms with van der Waals surface area (Å²) in [6, 6.07) is 1.91. The molecule has 0 bridgehead atoms. The Labute approximate surface area is 81.7 Å². The number of aryl methyl sites for hydroxylation is 1. The molecule has 2 heterocycles. The van der Waals surface area contributed by atoms with Gasteiger partial charge in [0.2, 0.25) is 0 Å². The molecule has 0 spiro atoms. The van der Waals surface area contributed by atoms with Crippen molar-refractivity contribution in [1.82, 2.24) is 20.3 Å². The summed E-state index contributed by atoms with van der Waals surface area (Å²) >= 11 is 0. The Bertz CT molecular complexity index is 418. The lowest BCUT2D eigenvalue weighted by atomic mass is 10.2. The van der Waals surface area contributed by atoms with Gasteiger partial charge >= 0.3 is 0 Å². The highest BCUT2D eigenvalue weighted by Gasteiger charge is 2.06. The van der Waals surface area contributed by atoms with Crippen LogP contribution in [0.2, 0.25) is 0 Å². The molecular formula is C9H12N4O. The highest BCUT2D eigenvalue weighted by molar-refractivity contribution is 5.56. The minimum absolute atomic E-state index is 0.688. The van der Waals surface area contributed by atoms with E-state index in [2.05, 4.69) is 15.6 Å². The third-order valence-electron chi connectivity index (χ3n) is 1.91. The van der Waals surface area contributed by atoms with Crippen molar-refractivity contribution in [2.45, 2.75) is 6.54 Å². The third kappa shape index (κ3) is 1.67. The van der Waals surface area contributed by atoms with Gasteiger partial charge in [-0.05, 0) is 7.05 Å². The second-order valence-corrected chi connectivity index (χ2v) is 3.11. The lowest BCUT2D eigenvalue weighted by Gasteiger charge is -1.87. The molecular weight excluding hydrogens is 180 g/mol. The van der Waals surface area contributed by atoms with Crippen molar-refractivity contribution in [3.05, 3.63) is 24.2 Å². The van der Waals surface area contributed by atoms with Gasteiger partial charge in [-0.25, -0.2) is 0 Å². The number of aromatic nitrogens is 3. The van der Waals surface area contributed by atoms with Gasteiger partial charge in [-0.3, -0.25) is 4.68 Å². The smallest absolute Gasteiger partial charge is 0.151 e. The van der Waals surface area contributed by atoms with Crippen LogP contribution in [0.15, 0.2) is 23.0 Å². The zero-order valence-corrected chi connectivity index (χ0v) is 8.19. The summed E-state index contributed by atoms with van der Waals surface area (Å²) in [5.74, 6) is 0.825. The van der Waals surface area contributed by atoms with Gasteiger partial charge in [-0.2, -0.15) is 5.10 Å². The Morgan fingerprint density at radius 3 is 3.07 bits per heavy atom. The van der Waals surface area contributed by atoms with Gasteiger partial charge < -0.3 is 9.84 Å². The maximum atomic E-state index is 5.12. The van der Waals surface area contributed by atoms with E-state index in [1.807, 2.05) is 26.4 Å². The molecule has 5 heteroatoms. The molecule has 14 heavy (non-hydrogen) atoms. The van der Waals surface area contributed by atoms with Crippen LogP contribution in [0.1, 0.15) is 5.76 Å². The van der Waals surface area contributed by atoms with Gasteiger partial charge in [0.05, 0.1) is 12.7 Å². The average Bonchev–Trinajstić information content (AvgIpc) is 2.74. The lowest BCUT2D eigenvalue weighted by Crippen LogP contribution is -2.03. The first-order chi connectivity index (χ1) is 6.79.